The van der Waals surface area contributed by atoms with Crippen molar-refractivity contribution in [3.63, 3.8) is 0 Å². The largest absolute Gasteiger partial charge is 0.459 e. The average molecular weight is 563 g/mol. The summed E-state index contributed by atoms with van der Waals surface area (Å²) in [5.74, 6) is -0.691. The van der Waals surface area contributed by atoms with E-state index < -0.39 is 33.1 Å². The molecule has 0 aromatic heterocycles. The number of carbonyl (C=O) groups excluding carboxylic acids is 1. The molecule has 0 aliphatic carbocycles. The highest BCUT2D eigenvalue weighted by atomic mass is 31.2. The molecule has 2 aromatic carbocycles. The Bertz CT molecular complexity index is 996. The molecule has 0 saturated heterocycles. The third-order valence-corrected chi connectivity index (χ3v) is 13.7. The molecule has 0 aliphatic heterocycles. The minimum Gasteiger partial charge on any atom is -0.459 e. The van der Waals surface area contributed by atoms with Gasteiger partial charge in [0.2, 0.25) is 0 Å². The summed E-state index contributed by atoms with van der Waals surface area (Å²) >= 11 is 0. The van der Waals surface area contributed by atoms with Gasteiger partial charge in [0.25, 0.3) is 8.32 Å². The van der Waals surface area contributed by atoms with Crippen molar-refractivity contribution >= 4 is 32.3 Å². The average Bonchev–Trinajstić information content (AvgIpc) is 2.82. The topological polar surface area (TPSA) is 71.1 Å². The Morgan fingerprint density at radius 3 is 1.66 bits per heavy atom. The molecule has 6 nitrogen and oxygen atoms in total. The summed E-state index contributed by atoms with van der Waals surface area (Å²) in [6.07, 6.45) is 0.254. The number of ether oxygens (including phenoxy) is 1. The summed E-state index contributed by atoms with van der Waals surface area (Å²) in [6.45, 7) is 18.3. The summed E-state index contributed by atoms with van der Waals surface area (Å²) in [5.41, 5.74) is -1.77. The molecule has 0 N–H and O–H groups in total. The van der Waals surface area contributed by atoms with Gasteiger partial charge in [-0.25, -0.2) is 0 Å². The van der Waals surface area contributed by atoms with Gasteiger partial charge in [0, 0.05) is 6.61 Å². The third kappa shape index (κ3) is 8.12. The predicted molar refractivity (Wildman–Crippen MR) is 158 cm³/mol. The Kier molecular flexibility index (Phi) is 11.6. The van der Waals surface area contributed by atoms with Crippen LogP contribution in [0, 0.1) is 5.92 Å². The van der Waals surface area contributed by atoms with Crippen molar-refractivity contribution < 1.29 is 27.6 Å². The molecule has 8 heteroatoms. The van der Waals surface area contributed by atoms with Crippen molar-refractivity contribution in [2.24, 2.45) is 5.92 Å². The molecule has 2 atom stereocenters. The SMILES string of the molecule is CCOP(=O)(OCC)C(C[C@H](C)CO[Si](c1ccccc1)(c1ccccc1)C(C)(C)C)C(=O)OC(C)(C)C. The summed E-state index contributed by atoms with van der Waals surface area (Å²) in [4.78, 5) is 13.3. The molecule has 38 heavy (non-hydrogen) atoms. The lowest BCUT2D eigenvalue weighted by atomic mass is 10.1. The van der Waals surface area contributed by atoms with E-state index in [2.05, 4.69) is 69.3 Å². The Labute approximate surface area is 231 Å². The first kappa shape index (κ1) is 32.4. The number of carbonyl (C=O) groups is 1. The van der Waals surface area contributed by atoms with Gasteiger partial charge < -0.3 is 18.2 Å². The maximum absolute atomic E-state index is 13.8. The van der Waals surface area contributed by atoms with Crippen molar-refractivity contribution in [1.82, 2.24) is 0 Å². The van der Waals surface area contributed by atoms with Crippen molar-refractivity contribution in [1.29, 1.82) is 0 Å². The van der Waals surface area contributed by atoms with Crippen molar-refractivity contribution in [2.75, 3.05) is 19.8 Å². The van der Waals surface area contributed by atoms with Crippen LogP contribution in [-0.4, -0.2) is 45.4 Å². The number of hydrogen-bond donors (Lipinski definition) is 0. The second-order valence-corrected chi connectivity index (χ2v) is 18.3. The number of rotatable bonds is 13. The van der Waals surface area contributed by atoms with Crippen LogP contribution < -0.4 is 10.4 Å². The lowest BCUT2D eigenvalue weighted by Gasteiger charge is -2.43. The highest BCUT2D eigenvalue weighted by Crippen LogP contribution is 2.55. The first-order valence-corrected chi connectivity index (χ1v) is 17.1. The fourth-order valence-corrected chi connectivity index (χ4v) is 11.6. The fourth-order valence-electron chi connectivity index (χ4n) is 4.78. The minimum atomic E-state index is -3.76. The maximum Gasteiger partial charge on any atom is 0.344 e. The van der Waals surface area contributed by atoms with Gasteiger partial charge in [0.05, 0.1) is 13.2 Å². The molecule has 0 bridgehead atoms. The molecule has 0 heterocycles. The van der Waals surface area contributed by atoms with Crippen molar-refractivity contribution in [2.45, 2.75) is 85.0 Å². The Morgan fingerprint density at radius 2 is 1.29 bits per heavy atom. The fraction of sp³-hybridized carbons (Fsp3) is 0.567. The van der Waals surface area contributed by atoms with Crippen molar-refractivity contribution in [3.05, 3.63) is 60.7 Å². The lowest BCUT2D eigenvalue weighted by molar-refractivity contribution is -0.155. The van der Waals surface area contributed by atoms with E-state index in [1.54, 1.807) is 34.6 Å². The smallest absolute Gasteiger partial charge is 0.344 e. The van der Waals surface area contributed by atoms with E-state index in [0.717, 1.165) is 0 Å². The molecule has 0 saturated carbocycles. The van der Waals surface area contributed by atoms with E-state index in [9.17, 15) is 9.36 Å². The Morgan fingerprint density at radius 1 is 0.842 bits per heavy atom. The quantitative estimate of drug-likeness (QED) is 0.156. The van der Waals surface area contributed by atoms with Crippen LogP contribution in [0.15, 0.2) is 60.7 Å². The minimum absolute atomic E-state index is 0.122. The molecule has 0 aliphatic rings. The summed E-state index contributed by atoms with van der Waals surface area (Å²) in [5, 5.41) is 2.19. The van der Waals surface area contributed by atoms with Crippen LogP contribution in [0.2, 0.25) is 5.04 Å². The van der Waals surface area contributed by atoms with Crippen LogP contribution >= 0.6 is 7.60 Å². The zero-order valence-electron chi connectivity index (χ0n) is 24.7. The Balaban J connectivity index is 2.45. The summed E-state index contributed by atoms with van der Waals surface area (Å²) in [6, 6.07) is 20.8. The molecule has 212 valence electrons. The number of benzene rings is 2. The van der Waals surface area contributed by atoms with Crippen LogP contribution in [0.5, 0.6) is 0 Å². The molecule has 0 amide bonds. The zero-order valence-corrected chi connectivity index (χ0v) is 26.5. The van der Waals surface area contributed by atoms with Gasteiger partial charge in [-0.05, 0) is 62.4 Å². The monoisotopic (exact) mass is 562 g/mol. The highest BCUT2D eigenvalue weighted by molar-refractivity contribution is 7.55. The van der Waals surface area contributed by atoms with Crippen LogP contribution in [0.4, 0.5) is 0 Å². The van der Waals surface area contributed by atoms with Gasteiger partial charge in [0.15, 0.2) is 5.66 Å². The summed E-state index contributed by atoms with van der Waals surface area (Å²) in [7, 11) is -6.51. The van der Waals surface area contributed by atoms with Gasteiger partial charge in [-0.1, -0.05) is 88.4 Å². The van der Waals surface area contributed by atoms with Crippen LogP contribution in [0.1, 0.15) is 68.7 Å². The van der Waals surface area contributed by atoms with Crippen molar-refractivity contribution in [3.8, 4) is 0 Å². The predicted octanol–water partition coefficient (Wildman–Crippen LogP) is 6.57. The second kappa shape index (κ2) is 13.5. The Hall–Kier alpha value is -1.76. The van der Waals surface area contributed by atoms with Gasteiger partial charge >= 0.3 is 13.6 Å². The molecule has 0 radical (unpaired) electrons. The second-order valence-electron chi connectivity index (χ2n) is 11.7. The van der Waals surface area contributed by atoms with Gasteiger partial charge in [-0.2, -0.15) is 0 Å². The van der Waals surface area contributed by atoms with E-state index in [4.69, 9.17) is 18.2 Å². The van der Waals surface area contributed by atoms with Gasteiger partial charge in [-0.15, -0.1) is 0 Å². The molecule has 2 aromatic rings. The normalized spacial score (nSPS) is 14.7. The molecular weight excluding hydrogens is 515 g/mol. The first-order chi connectivity index (χ1) is 17.7. The van der Waals surface area contributed by atoms with E-state index in [1.165, 1.54) is 10.4 Å². The maximum atomic E-state index is 13.8. The van der Waals surface area contributed by atoms with Gasteiger partial charge in [0.1, 0.15) is 5.60 Å². The van der Waals surface area contributed by atoms with Crippen LogP contribution in [-0.2, 0) is 27.6 Å². The molecule has 1 unspecified atom stereocenters. The zero-order chi connectivity index (χ0) is 28.6. The van der Waals surface area contributed by atoms with Crippen LogP contribution in [0.3, 0.4) is 0 Å². The van der Waals surface area contributed by atoms with Crippen LogP contribution in [0.25, 0.3) is 0 Å². The lowest BCUT2D eigenvalue weighted by Crippen LogP contribution is -2.66. The van der Waals surface area contributed by atoms with Gasteiger partial charge in [-0.3, -0.25) is 9.36 Å². The standard InChI is InChI=1S/C30H47O6PSi/c1-10-33-37(32,34-11-2)27(28(31)36-29(4,5)6)22-24(3)23-35-38(30(7,8)9,25-18-14-12-15-19-25)26-20-16-13-17-21-26/h12-21,24,27H,10-11,22-23H2,1-9H3/t24-,27?/m0/s1. The van der Waals surface area contributed by atoms with E-state index in [0.29, 0.717) is 6.61 Å². The van der Waals surface area contributed by atoms with E-state index in [1.807, 2.05) is 19.1 Å². The highest BCUT2D eigenvalue weighted by Gasteiger charge is 2.51. The first-order valence-electron chi connectivity index (χ1n) is 13.6. The number of hydrogen-bond acceptors (Lipinski definition) is 6. The van der Waals surface area contributed by atoms with E-state index >= 15 is 0 Å². The van der Waals surface area contributed by atoms with E-state index in [-0.39, 0.29) is 30.6 Å². The third-order valence-electron chi connectivity index (χ3n) is 6.31. The summed E-state index contributed by atoms with van der Waals surface area (Å²) < 4.78 is 37.7. The number of esters is 1. The molecule has 0 fully saturated rings. The molecule has 0 spiro atoms. The molecular formula is C30H47O6PSi. The molecule has 2 rings (SSSR count).